The molecule has 2 aliphatic rings. The van der Waals surface area contributed by atoms with E-state index in [-0.39, 0.29) is 18.1 Å². The Kier molecular flexibility index (Phi) is 4.33. The van der Waals surface area contributed by atoms with Crippen LogP contribution in [-0.4, -0.2) is 31.3 Å². The van der Waals surface area contributed by atoms with Gasteiger partial charge in [0, 0.05) is 18.5 Å². The second kappa shape index (κ2) is 6.22. The van der Waals surface area contributed by atoms with Crippen molar-refractivity contribution >= 4 is 17.5 Å². The lowest BCUT2D eigenvalue weighted by Gasteiger charge is -2.28. The minimum Gasteiger partial charge on any atom is -0.492 e. The predicted octanol–water partition coefficient (Wildman–Crippen LogP) is 1.79. The van der Waals surface area contributed by atoms with Crippen molar-refractivity contribution in [2.24, 2.45) is 5.73 Å². The predicted molar refractivity (Wildman–Crippen MR) is 79.4 cm³/mol. The van der Waals surface area contributed by atoms with Gasteiger partial charge in [-0.05, 0) is 18.9 Å². The maximum atomic E-state index is 12.3. The van der Waals surface area contributed by atoms with Gasteiger partial charge in [0.25, 0.3) is 0 Å². The summed E-state index contributed by atoms with van der Waals surface area (Å²) >= 11 is 6.13. The number of hydrogen-bond acceptors (Lipinski definition) is 4. The molecule has 0 saturated carbocycles. The molecule has 0 bridgehead atoms. The number of fused-ring (bicyclic) bond motifs is 1. The first-order valence-corrected chi connectivity index (χ1v) is 7.64. The summed E-state index contributed by atoms with van der Waals surface area (Å²) in [7, 11) is 0. The van der Waals surface area contributed by atoms with Crippen molar-refractivity contribution in [1.29, 1.82) is 0 Å². The molecule has 0 radical (unpaired) electrons. The van der Waals surface area contributed by atoms with Crippen LogP contribution in [0.15, 0.2) is 18.2 Å². The van der Waals surface area contributed by atoms with Gasteiger partial charge < -0.3 is 20.5 Å². The molecule has 6 heteroatoms. The first-order valence-electron chi connectivity index (χ1n) is 7.26. The van der Waals surface area contributed by atoms with E-state index >= 15 is 0 Å². The summed E-state index contributed by atoms with van der Waals surface area (Å²) in [5.74, 6) is 0.590. The van der Waals surface area contributed by atoms with Crippen molar-refractivity contribution in [3.8, 4) is 5.75 Å². The van der Waals surface area contributed by atoms with E-state index in [4.69, 9.17) is 26.8 Å². The third kappa shape index (κ3) is 3.00. The molecule has 2 aliphatic heterocycles. The van der Waals surface area contributed by atoms with Gasteiger partial charge >= 0.3 is 0 Å². The summed E-state index contributed by atoms with van der Waals surface area (Å²) in [5.41, 5.74) is 6.50. The van der Waals surface area contributed by atoms with E-state index in [9.17, 15) is 4.79 Å². The van der Waals surface area contributed by atoms with Gasteiger partial charge in [-0.1, -0.05) is 23.7 Å². The second-order valence-corrected chi connectivity index (χ2v) is 5.82. The average Bonchev–Trinajstić information content (AvgIpc) is 2.97. The minimum absolute atomic E-state index is 0.00262. The van der Waals surface area contributed by atoms with Crippen LogP contribution in [0.1, 0.15) is 30.9 Å². The number of ether oxygens (including phenoxy) is 2. The summed E-state index contributed by atoms with van der Waals surface area (Å²) in [6, 6.07) is 5.51. The summed E-state index contributed by atoms with van der Waals surface area (Å²) in [5, 5.41) is 3.62. The van der Waals surface area contributed by atoms with Gasteiger partial charge in [-0.25, -0.2) is 0 Å². The molecule has 114 valence electrons. The standard InChI is InChI=1S/C15H19ClN2O3/c16-11-3-1-2-10-12(6-7-20-14(10)11)18-15(19)13-5-4-9(8-17)21-13/h1-3,9,12-13H,4-8,17H2,(H,18,19)/t9-,12?,13+/m1/s1. The largest absolute Gasteiger partial charge is 0.492 e. The highest BCUT2D eigenvalue weighted by Gasteiger charge is 2.32. The molecule has 1 unspecified atom stereocenters. The van der Waals surface area contributed by atoms with Gasteiger partial charge in [0.2, 0.25) is 5.91 Å². The van der Waals surface area contributed by atoms with Crippen LogP contribution in [-0.2, 0) is 9.53 Å². The number of benzene rings is 1. The Morgan fingerprint density at radius 1 is 1.38 bits per heavy atom. The SMILES string of the molecule is NC[C@H]1CC[C@@H](C(=O)NC2CCOc3c(Cl)cccc32)O1. The lowest BCUT2D eigenvalue weighted by Crippen LogP contribution is -2.39. The van der Waals surface area contributed by atoms with Crippen LogP contribution in [0, 0.1) is 0 Å². The molecule has 3 N–H and O–H groups in total. The number of carbonyl (C=O) groups excluding carboxylic acids is 1. The van der Waals surface area contributed by atoms with Crippen molar-refractivity contribution in [2.45, 2.75) is 37.5 Å². The molecule has 5 nitrogen and oxygen atoms in total. The molecule has 1 saturated heterocycles. The summed E-state index contributed by atoms with van der Waals surface area (Å²) < 4.78 is 11.2. The molecule has 3 atom stereocenters. The van der Waals surface area contributed by atoms with Gasteiger partial charge in [0.05, 0.1) is 23.8 Å². The quantitative estimate of drug-likeness (QED) is 0.892. The average molecular weight is 311 g/mol. The van der Waals surface area contributed by atoms with E-state index in [1.165, 1.54) is 0 Å². The molecule has 2 heterocycles. The van der Waals surface area contributed by atoms with E-state index in [0.717, 1.165) is 24.8 Å². The van der Waals surface area contributed by atoms with Crippen molar-refractivity contribution < 1.29 is 14.3 Å². The number of carbonyl (C=O) groups is 1. The summed E-state index contributed by atoms with van der Waals surface area (Å²) in [4.78, 5) is 12.3. The molecule has 1 amide bonds. The second-order valence-electron chi connectivity index (χ2n) is 5.42. The molecular weight excluding hydrogens is 292 g/mol. The zero-order chi connectivity index (χ0) is 14.8. The van der Waals surface area contributed by atoms with E-state index in [1.807, 2.05) is 12.1 Å². The Morgan fingerprint density at radius 3 is 3.00 bits per heavy atom. The van der Waals surface area contributed by atoms with E-state index in [1.54, 1.807) is 6.07 Å². The fourth-order valence-electron chi connectivity index (χ4n) is 2.87. The van der Waals surface area contributed by atoms with E-state index < -0.39 is 6.10 Å². The maximum absolute atomic E-state index is 12.3. The monoisotopic (exact) mass is 310 g/mol. The van der Waals surface area contributed by atoms with Crippen LogP contribution in [0.3, 0.4) is 0 Å². The first kappa shape index (κ1) is 14.6. The van der Waals surface area contributed by atoms with Gasteiger partial charge in [0.15, 0.2) is 0 Å². The van der Waals surface area contributed by atoms with Crippen LogP contribution in [0.4, 0.5) is 0 Å². The molecule has 0 aromatic heterocycles. The number of nitrogens with one attached hydrogen (secondary N) is 1. The normalized spacial score (nSPS) is 27.8. The Labute approximate surface area is 128 Å². The smallest absolute Gasteiger partial charge is 0.249 e. The molecule has 21 heavy (non-hydrogen) atoms. The Hall–Kier alpha value is -1.30. The van der Waals surface area contributed by atoms with Crippen molar-refractivity contribution in [3.05, 3.63) is 28.8 Å². The molecule has 0 spiro atoms. The fourth-order valence-corrected chi connectivity index (χ4v) is 3.11. The zero-order valence-electron chi connectivity index (χ0n) is 11.7. The first-order chi connectivity index (χ1) is 10.2. The molecular formula is C15H19ClN2O3. The third-order valence-corrected chi connectivity index (χ3v) is 4.30. The Bertz CT molecular complexity index is 538. The number of nitrogens with two attached hydrogens (primary N) is 1. The maximum Gasteiger partial charge on any atom is 0.249 e. The third-order valence-electron chi connectivity index (χ3n) is 4.01. The number of rotatable bonds is 3. The van der Waals surface area contributed by atoms with Crippen molar-refractivity contribution in [1.82, 2.24) is 5.32 Å². The highest BCUT2D eigenvalue weighted by Crippen LogP contribution is 2.37. The van der Waals surface area contributed by atoms with Gasteiger partial charge in [-0.15, -0.1) is 0 Å². The van der Waals surface area contributed by atoms with Crippen LogP contribution in [0.25, 0.3) is 0 Å². The lowest BCUT2D eigenvalue weighted by molar-refractivity contribution is -0.132. The Morgan fingerprint density at radius 2 is 2.24 bits per heavy atom. The fraction of sp³-hybridized carbons (Fsp3) is 0.533. The van der Waals surface area contributed by atoms with Crippen LogP contribution < -0.4 is 15.8 Å². The van der Waals surface area contributed by atoms with Crippen LogP contribution in [0.2, 0.25) is 5.02 Å². The van der Waals surface area contributed by atoms with Crippen molar-refractivity contribution in [3.63, 3.8) is 0 Å². The number of halogens is 1. The van der Waals surface area contributed by atoms with E-state index in [2.05, 4.69) is 5.32 Å². The number of hydrogen-bond donors (Lipinski definition) is 2. The number of amides is 1. The highest BCUT2D eigenvalue weighted by atomic mass is 35.5. The highest BCUT2D eigenvalue weighted by molar-refractivity contribution is 6.32. The topological polar surface area (TPSA) is 73.6 Å². The lowest BCUT2D eigenvalue weighted by atomic mass is 10.00. The number of para-hydroxylation sites is 1. The van der Waals surface area contributed by atoms with Crippen LogP contribution >= 0.6 is 11.6 Å². The molecule has 1 aromatic rings. The van der Waals surface area contributed by atoms with Gasteiger partial charge in [-0.2, -0.15) is 0 Å². The molecule has 1 fully saturated rings. The Balaban J connectivity index is 1.69. The molecule has 3 rings (SSSR count). The van der Waals surface area contributed by atoms with E-state index in [0.29, 0.717) is 23.9 Å². The molecule has 0 aliphatic carbocycles. The summed E-state index contributed by atoms with van der Waals surface area (Å²) in [6.07, 6.45) is 1.89. The van der Waals surface area contributed by atoms with Gasteiger partial charge in [0.1, 0.15) is 11.9 Å². The van der Waals surface area contributed by atoms with Gasteiger partial charge in [-0.3, -0.25) is 4.79 Å². The van der Waals surface area contributed by atoms with Crippen LogP contribution in [0.5, 0.6) is 5.75 Å². The molecule has 1 aromatic carbocycles. The van der Waals surface area contributed by atoms with Crippen molar-refractivity contribution in [2.75, 3.05) is 13.2 Å². The minimum atomic E-state index is -0.399. The summed E-state index contributed by atoms with van der Waals surface area (Å²) in [6.45, 7) is 0.998. The zero-order valence-corrected chi connectivity index (χ0v) is 12.4.